The molecule has 1 aliphatic rings. The SMILES string of the molecule is Cc1nc(OCC2CC2(C)C)c2[nH]cc(S(=O)(=O)c3ccccc3)c2n1. The Morgan fingerprint density at radius 2 is 1.92 bits per heavy atom. The van der Waals surface area contributed by atoms with Crippen LogP contribution in [-0.2, 0) is 9.84 Å². The van der Waals surface area contributed by atoms with Crippen molar-refractivity contribution in [2.24, 2.45) is 11.3 Å². The Bertz CT molecular complexity index is 1070. The van der Waals surface area contributed by atoms with Crippen molar-refractivity contribution in [1.82, 2.24) is 15.0 Å². The first-order chi connectivity index (χ1) is 12.3. The molecule has 0 bridgehead atoms. The fraction of sp³-hybridized carbons (Fsp3) is 0.368. The number of ether oxygens (including phenoxy) is 1. The minimum atomic E-state index is -3.67. The van der Waals surface area contributed by atoms with Gasteiger partial charge in [0.15, 0.2) is 0 Å². The van der Waals surface area contributed by atoms with Crippen LogP contribution in [0.1, 0.15) is 26.1 Å². The fourth-order valence-electron chi connectivity index (χ4n) is 3.14. The van der Waals surface area contributed by atoms with Gasteiger partial charge in [-0.1, -0.05) is 32.0 Å². The highest BCUT2D eigenvalue weighted by atomic mass is 32.2. The zero-order valence-corrected chi connectivity index (χ0v) is 15.8. The second-order valence-corrected chi connectivity index (χ2v) is 9.39. The number of aromatic amines is 1. The number of fused-ring (bicyclic) bond motifs is 1. The lowest BCUT2D eigenvalue weighted by atomic mass is 10.1. The number of hydrogen-bond acceptors (Lipinski definition) is 5. The molecule has 26 heavy (non-hydrogen) atoms. The Kier molecular flexibility index (Phi) is 3.80. The van der Waals surface area contributed by atoms with E-state index in [9.17, 15) is 8.42 Å². The van der Waals surface area contributed by atoms with Gasteiger partial charge in [-0.25, -0.2) is 13.4 Å². The molecule has 0 spiro atoms. The van der Waals surface area contributed by atoms with Gasteiger partial charge in [0.05, 0.1) is 11.5 Å². The summed E-state index contributed by atoms with van der Waals surface area (Å²) >= 11 is 0. The number of nitrogens with zero attached hydrogens (tertiary/aromatic N) is 2. The van der Waals surface area contributed by atoms with Crippen LogP contribution < -0.4 is 4.74 Å². The highest BCUT2D eigenvalue weighted by Crippen LogP contribution is 2.51. The number of aromatic nitrogens is 3. The van der Waals surface area contributed by atoms with Gasteiger partial charge in [0.2, 0.25) is 15.7 Å². The summed E-state index contributed by atoms with van der Waals surface area (Å²) in [6, 6.07) is 8.34. The van der Waals surface area contributed by atoms with Crippen LogP contribution in [0.3, 0.4) is 0 Å². The molecule has 136 valence electrons. The molecule has 6 nitrogen and oxygen atoms in total. The number of H-pyrrole nitrogens is 1. The molecule has 2 heterocycles. The Labute approximate surface area is 152 Å². The number of sulfone groups is 1. The fourth-order valence-corrected chi connectivity index (χ4v) is 4.52. The molecule has 1 fully saturated rings. The minimum absolute atomic E-state index is 0.140. The van der Waals surface area contributed by atoms with Gasteiger partial charge < -0.3 is 9.72 Å². The second-order valence-electron chi connectivity index (χ2n) is 7.47. The first kappa shape index (κ1) is 17.0. The summed E-state index contributed by atoms with van der Waals surface area (Å²) in [4.78, 5) is 12.1. The van der Waals surface area contributed by atoms with Crippen LogP contribution >= 0.6 is 0 Å². The van der Waals surface area contributed by atoms with Crippen LogP contribution in [0.15, 0.2) is 46.3 Å². The third-order valence-electron chi connectivity index (χ3n) is 5.05. The zero-order chi connectivity index (χ0) is 18.5. The highest BCUT2D eigenvalue weighted by molar-refractivity contribution is 7.91. The summed E-state index contributed by atoms with van der Waals surface area (Å²) in [5.41, 5.74) is 1.19. The summed E-state index contributed by atoms with van der Waals surface area (Å²) in [6.07, 6.45) is 2.59. The summed E-state index contributed by atoms with van der Waals surface area (Å²) in [6.45, 7) is 6.72. The zero-order valence-electron chi connectivity index (χ0n) is 15.0. The molecule has 0 amide bonds. The van der Waals surface area contributed by atoms with Crippen LogP contribution in [0, 0.1) is 18.3 Å². The van der Waals surface area contributed by atoms with Crippen molar-refractivity contribution < 1.29 is 13.2 Å². The van der Waals surface area contributed by atoms with Gasteiger partial charge >= 0.3 is 0 Å². The van der Waals surface area contributed by atoms with Gasteiger partial charge in [0.25, 0.3) is 0 Å². The van der Waals surface area contributed by atoms with Gasteiger partial charge in [0, 0.05) is 6.20 Å². The van der Waals surface area contributed by atoms with Crippen molar-refractivity contribution in [3.63, 3.8) is 0 Å². The Morgan fingerprint density at radius 1 is 1.23 bits per heavy atom. The first-order valence-corrected chi connectivity index (χ1v) is 10.1. The van der Waals surface area contributed by atoms with Crippen LogP contribution in [0.2, 0.25) is 0 Å². The normalized spacial score (nSPS) is 18.8. The molecular weight excluding hydrogens is 350 g/mol. The lowest BCUT2D eigenvalue weighted by Crippen LogP contribution is -2.07. The van der Waals surface area contributed by atoms with Crippen molar-refractivity contribution in [2.75, 3.05) is 6.61 Å². The Balaban J connectivity index is 1.74. The van der Waals surface area contributed by atoms with E-state index in [1.54, 1.807) is 37.3 Å². The predicted octanol–water partition coefficient (Wildman–Crippen LogP) is 3.52. The average Bonchev–Trinajstić information content (AvgIpc) is 3.01. The quantitative estimate of drug-likeness (QED) is 0.742. The smallest absolute Gasteiger partial charge is 0.241 e. The van der Waals surface area contributed by atoms with E-state index in [1.165, 1.54) is 6.20 Å². The lowest BCUT2D eigenvalue weighted by Gasteiger charge is -2.08. The summed E-state index contributed by atoms with van der Waals surface area (Å²) in [5, 5.41) is 0. The summed E-state index contributed by atoms with van der Waals surface area (Å²) in [7, 11) is -3.67. The number of hydrogen-bond donors (Lipinski definition) is 1. The maximum Gasteiger partial charge on any atom is 0.241 e. The largest absolute Gasteiger partial charge is 0.476 e. The maximum atomic E-state index is 13.0. The van der Waals surface area contributed by atoms with Gasteiger partial charge in [0.1, 0.15) is 21.8 Å². The Hall–Kier alpha value is -2.41. The van der Waals surface area contributed by atoms with Gasteiger partial charge in [-0.15, -0.1) is 0 Å². The van der Waals surface area contributed by atoms with Gasteiger partial charge in [-0.3, -0.25) is 0 Å². The Morgan fingerprint density at radius 3 is 2.58 bits per heavy atom. The molecule has 1 unspecified atom stereocenters. The third-order valence-corrected chi connectivity index (χ3v) is 6.83. The molecule has 1 saturated carbocycles. The molecule has 1 aliphatic carbocycles. The van der Waals surface area contributed by atoms with E-state index in [0.29, 0.717) is 40.7 Å². The van der Waals surface area contributed by atoms with E-state index in [-0.39, 0.29) is 9.79 Å². The molecule has 1 aromatic carbocycles. The highest BCUT2D eigenvalue weighted by Gasteiger charge is 2.46. The minimum Gasteiger partial charge on any atom is -0.476 e. The molecule has 0 radical (unpaired) electrons. The first-order valence-electron chi connectivity index (χ1n) is 8.58. The predicted molar refractivity (Wildman–Crippen MR) is 97.9 cm³/mol. The molecule has 3 aromatic rings. The number of aryl methyl sites for hydroxylation is 1. The van der Waals surface area contributed by atoms with E-state index < -0.39 is 9.84 Å². The van der Waals surface area contributed by atoms with E-state index in [2.05, 4.69) is 28.8 Å². The van der Waals surface area contributed by atoms with E-state index in [1.807, 2.05) is 0 Å². The number of nitrogens with one attached hydrogen (secondary N) is 1. The maximum absolute atomic E-state index is 13.0. The molecule has 0 saturated heterocycles. The van der Waals surface area contributed by atoms with E-state index in [0.717, 1.165) is 6.42 Å². The van der Waals surface area contributed by atoms with Crippen LogP contribution in [0.5, 0.6) is 5.88 Å². The number of rotatable bonds is 5. The third kappa shape index (κ3) is 2.86. The topological polar surface area (TPSA) is 84.9 Å². The van der Waals surface area contributed by atoms with Crippen LogP contribution in [0.25, 0.3) is 11.0 Å². The summed E-state index contributed by atoms with van der Waals surface area (Å²) in [5.74, 6) is 1.38. The van der Waals surface area contributed by atoms with Crippen LogP contribution in [0.4, 0.5) is 0 Å². The molecule has 2 aromatic heterocycles. The lowest BCUT2D eigenvalue weighted by molar-refractivity contribution is 0.272. The van der Waals surface area contributed by atoms with Crippen molar-refractivity contribution in [3.05, 3.63) is 42.4 Å². The van der Waals surface area contributed by atoms with Crippen molar-refractivity contribution in [1.29, 1.82) is 0 Å². The standard InChI is InChI=1S/C19H21N3O3S/c1-12-21-16-15(26(23,24)14-7-5-4-6-8-14)10-20-17(16)18(22-12)25-11-13-9-19(13,2)3/h4-8,10,13,20H,9,11H2,1-3H3. The van der Waals surface area contributed by atoms with Crippen LogP contribution in [-0.4, -0.2) is 30.0 Å². The molecule has 4 rings (SSSR count). The molecule has 1 N–H and O–H groups in total. The van der Waals surface area contributed by atoms with Crippen molar-refractivity contribution >= 4 is 20.9 Å². The molecule has 0 aliphatic heterocycles. The second kappa shape index (κ2) is 5.81. The molecular formula is C19H21N3O3S. The van der Waals surface area contributed by atoms with Crippen molar-refractivity contribution in [3.8, 4) is 5.88 Å². The van der Waals surface area contributed by atoms with Crippen molar-refractivity contribution in [2.45, 2.75) is 37.0 Å². The summed E-state index contributed by atoms with van der Waals surface area (Å²) < 4.78 is 31.9. The van der Waals surface area contributed by atoms with E-state index in [4.69, 9.17) is 4.74 Å². The number of benzene rings is 1. The average molecular weight is 371 g/mol. The van der Waals surface area contributed by atoms with E-state index >= 15 is 0 Å². The molecule has 1 atom stereocenters. The monoisotopic (exact) mass is 371 g/mol. The van der Waals surface area contributed by atoms with Gasteiger partial charge in [-0.2, -0.15) is 4.98 Å². The molecule has 7 heteroatoms. The van der Waals surface area contributed by atoms with Gasteiger partial charge in [-0.05, 0) is 36.8 Å².